The van der Waals surface area contributed by atoms with Crippen molar-refractivity contribution in [2.75, 3.05) is 13.2 Å². The number of hydrogen-bond donors (Lipinski definition) is 2. The van der Waals surface area contributed by atoms with E-state index in [9.17, 15) is 19.5 Å². The van der Waals surface area contributed by atoms with Gasteiger partial charge >= 0.3 is 0 Å². The minimum absolute atomic E-state index is 0.0423. The van der Waals surface area contributed by atoms with E-state index in [4.69, 9.17) is 4.74 Å². The molecule has 0 spiro atoms. The maximum Gasteiger partial charge on any atom is 0.291 e. The fourth-order valence-electron chi connectivity index (χ4n) is 4.70. The summed E-state index contributed by atoms with van der Waals surface area (Å²) in [6.45, 7) is 7.21. The normalized spacial score (nSPS) is 22.2. The first-order valence-corrected chi connectivity index (χ1v) is 11.5. The predicted molar refractivity (Wildman–Crippen MR) is 120 cm³/mol. The zero-order valence-electron chi connectivity index (χ0n) is 19.1. The van der Waals surface area contributed by atoms with Gasteiger partial charge in [-0.3, -0.25) is 19.0 Å². The molecule has 2 amide bonds. The molecule has 3 fully saturated rings. The Kier molecular flexibility index (Phi) is 5.27. The van der Waals surface area contributed by atoms with E-state index in [0.717, 1.165) is 23.8 Å². The molecule has 2 saturated heterocycles. The second-order valence-electron chi connectivity index (χ2n) is 9.66. The van der Waals surface area contributed by atoms with Crippen molar-refractivity contribution in [1.82, 2.24) is 24.4 Å². The third-order valence-corrected chi connectivity index (χ3v) is 6.49. The van der Waals surface area contributed by atoms with Crippen molar-refractivity contribution < 1.29 is 19.4 Å². The minimum atomic E-state index is -0.677. The molecule has 33 heavy (non-hydrogen) atoms. The van der Waals surface area contributed by atoms with Gasteiger partial charge in [0.15, 0.2) is 5.56 Å². The number of aryl methyl sites for hydroxylation is 1. The highest BCUT2D eigenvalue weighted by molar-refractivity contribution is 5.97. The van der Waals surface area contributed by atoms with Gasteiger partial charge in [-0.1, -0.05) is 13.8 Å². The average molecular weight is 456 g/mol. The maximum absolute atomic E-state index is 13.2. The van der Waals surface area contributed by atoms with E-state index in [2.05, 4.69) is 10.4 Å². The van der Waals surface area contributed by atoms with E-state index in [1.54, 1.807) is 17.6 Å². The van der Waals surface area contributed by atoms with Crippen molar-refractivity contribution >= 4 is 23.5 Å². The summed E-state index contributed by atoms with van der Waals surface area (Å²) < 4.78 is 8.27. The highest BCUT2D eigenvalue weighted by Gasteiger charge is 2.40. The quantitative estimate of drug-likeness (QED) is 0.629. The summed E-state index contributed by atoms with van der Waals surface area (Å²) in [4.78, 5) is 40.5. The fourth-order valence-corrected chi connectivity index (χ4v) is 4.70. The highest BCUT2D eigenvalue weighted by Crippen LogP contribution is 2.29. The zero-order chi connectivity index (χ0) is 23.4. The zero-order valence-corrected chi connectivity index (χ0v) is 19.1. The molecule has 176 valence electrons. The number of likely N-dealkylation sites (tertiary alicyclic amines) is 1. The van der Waals surface area contributed by atoms with E-state index in [-0.39, 0.29) is 41.5 Å². The number of nitrogens with one attached hydrogen (secondary N) is 1. The Morgan fingerprint density at radius 3 is 2.70 bits per heavy atom. The van der Waals surface area contributed by atoms with Gasteiger partial charge in [0.05, 0.1) is 24.4 Å². The number of morpholine rings is 1. The molecular weight excluding hydrogens is 426 g/mol. The highest BCUT2D eigenvalue weighted by atomic mass is 16.5. The molecule has 2 atom stereocenters. The molecule has 1 aliphatic carbocycles. The van der Waals surface area contributed by atoms with Gasteiger partial charge in [-0.25, -0.2) is 0 Å². The Morgan fingerprint density at radius 1 is 1.33 bits per heavy atom. The molecule has 0 aromatic carbocycles. The molecule has 2 bridgehead atoms. The number of amides is 2. The van der Waals surface area contributed by atoms with Crippen LogP contribution in [-0.4, -0.2) is 67.3 Å². The third-order valence-electron chi connectivity index (χ3n) is 6.49. The number of aromatic nitrogens is 3. The summed E-state index contributed by atoms with van der Waals surface area (Å²) in [6.07, 6.45) is 5.83. The molecule has 3 aliphatic rings. The number of rotatable bonds is 6. The summed E-state index contributed by atoms with van der Waals surface area (Å²) in [5.41, 5.74) is 0.466. The average Bonchev–Trinajstić information content (AvgIpc) is 3.17. The van der Waals surface area contributed by atoms with Gasteiger partial charge in [0, 0.05) is 30.8 Å². The van der Waals surface area contributed by atoms with Crippen molar-refractivity contribution in [3.05, 3.63) is 33.3 Å². The number of hydrogen-bond acceptors (Lipinski definition) is 6. The van der Waals surface area contributed by atoms with Crippen LogP contribution < -0.4 is 10.9 Å². The van der Waals surface area contributed by atoms with Gasteiger partial charge in [-0.05, 0) is 38.2 Å². The van der Waals surface area contributed by atoms with Crippen molar-refractivity contribution in [1.29, 1.82) is 0 Å². The number of fused-ring (bicyclic) bond motifs is 3. The Labute approximate surface area is 190 Å². The molecule has 10 heteroatoms. The Morgan fingerprint density at radius 2 is 2.09 bits per heavy atom. The number of carbonyl (C=O) groups excluding carboxylic acids is 2. The molecule has 10 nitrogen and oxygen atoms in total. The molecule has 1 saturated carbocycles. The lowest BCUT2D eigenvalue weighted by Gasteiger charge is -2.25. The molecule has 2 aromatic heterocycles. The first-order valence-electron chi connectivity index (χ1n) is 11.5. The lowest BCUT2D eigenvalue weighted by atomic mass is 10.1. The van der Waals surface area contributed by atoms with Crippen LogP contribution in [0.3, 0.4) is 0 Å². The van der Waals surface area contributed by atoms with E-state index in [0.29, 0.717) is 36.6 Å². The number of ether oxygens (including phenoxy) is 1. The second-order valence-corrected chi connectivity index (χ2v) is 9.66. The summed E-state index contributed by atoms with van der Waals surface area (Å²) in [6, 6.07) is 0.147. The lowest BCUT2D eigenvalue weighted by Crippen LogP contribution is -2.40. The van der Waals surface area contributed by atoms with E-state index < -0.39 is 11.5 Å². The Balaban J connectivity index is 1.57. The van der Waals surface area contributed by atoms with Crippen molar-refractivity contribution in [3.8, 4) is 5.88 Å². The summed E-state index contributed by atoms with van der Waals surface area (Å²) in [5.74, 6) is -0.970. The lowest BCUT2D eigenvalue weighted by molar-refractivity contribution is -0.130. The summed E-state index contributed by atoms with van der Waals surface area (Å²) >= 11 is 0. The van der Waals surface area contributed by atoms with Crippen molar-refractivity contribution in [2.24, 2.45) is 5.92 Å². The molecule has 5 rings (SSSR count). The maximum atomic E-state index is 13.2. The Bertz CT molecular complexity index is 1220. The van der Waals surface area contributed by atoms with Gasteiger partial charge < -0.3 is 20.1 Å². The molecule has 4 heterocycles. The minimum Gasteiger partial charge on any atom is -0.494 e. The molecule has 2 aliphatic heterocycles. The standard InChI is InChI=1S/C23H29N5O5/c1-12(2)9-27-21-17(6-7-18(29)26-10-16-8-15(26)11-33-16)13(3)25-28(21)23(32)19(22(27)31)20(30)24-14-4-5-14/h6-7,12,14-16,31H,4-5,8-11H2,1-3H3,(H,24,30)/b7-6+/t15-,16-/m1/s1. The SMILES string of the molecule is Cc1nn2c(=O)c(C(=O)NC3CC3)c(O)n(CC(C)C)c2c1/C=C/C(=O)N1C[C@H]2C[C@@H]1CO2. The van der Waals surface area contributed by atoms with Crippen LogP contribution in [0.15, 0.2) is 10.9 Å². The number of aromatic hydroxyl groups is 1. The Hall–Kier alpha value is -3.14. The molecule has 0 radical (unpaired) electrons. The first-order chi connectivity index (χ1) is 15.7. The monoisotopic (exact) mass is 455 g/mol. The largest absolute Gasteiger partial charge is 0.494 e. The summed E-state index contributed by atoms with van der Waals surface area (Å²) in [5, 5.41) is 18.2. The summed E-state index contributed by atoms with van der Waals surface area (Å²) in [7, 11) is 0. The second kappa shape index (κ2) is 8.02. The van der Waals surface area contributed by atoms with E-state index in [1.165, 1.54) is 6.08 Å². The van der Waals surface area contributed by atoms with Gasteiger partial charge in [0.1, 0.15) is 5.65 Å². The van der Waals surface area contributed by atoms with Crippen LogP contribution in [0, 0.1) is 12.8 Å². The van der Waals surface area contributed by atoms with Crippen molar-refractivity contribution in [3.63, 3.8) is 0 Å². The van der Waals surface area contributed by atoms with Crippen LogP contribution in [0.5, 0.6) is 5.88 Å². The van der Waals surface area contributed by atoms with Gasteiger partial charge in [-0.2, -0.15) is 9.61 Å². The molecule has 2 N–H and O–H groups in total. The van der Waals surface area contributed by atoms with Gasteiger partial charge in [-0.15, -0.1) is 0 Å². The fraction of sp³-hybridized carbons (Fsp3) is 0.565. The van der Waals surface area contributed by atoms with Crippen LogP contribution in [0.25, 0.3) is 11.7 Å². The molecular formula is C23H29N5O5. The molecule has 0 unspecified atom stereocenters. The van der Waals surface area contributed by atoms with Crippen LogP contribution >= 0.6 is 0 Å². The van der Waals surface area contributed by atoms with Crippen LogP contribution in [-0.2, 0) is 16.1 Å². The molecule has 2 aromatic rings. The van der Waals surface area contributed by atoms with Crippen LogP contribution in [0.2, 0.25) is 0 Å². The van der Waals surface area contributed by atoms with E-state index in [1.807, 2.05) is 18.7 Å². The third kappa shape index (κ3) is 3.82. The van der Waals surface area contributed by atoms with Gasteiger partial charge in [0.25, 0.3) is 11.5 Å². The number of carbonyl (C=O) groups is 2. The number of nitrogens with zero attached hydrogens (tertiary/aromatic N) is 4. The van der Waals surface area contributed by atoms with Crippen molar-refractivity contribution in [2.45, 2.75) is 64.8 Å². The van der Waals surface area contributed by atoms with Crippen LogP contribution in [0.4, 0.5) is 0 Å². The first kappa shape index (κ1) is 21.7. The predicted octanol–water partition coefficient (Wildman–Crippen LogP) is 1.07. The van der Waals surface area contributed by atoms with Crippen LogP contribution in [0.1, 0.15) is 54.7 Å². The topological polar surface area (TPSA) is 118 Å². The smallest absolute Gasteiger partial charge is 0.291 e. The van der Waals surface area contributed by atoms with Gasteiger partial charge in [0.2, 0.25) is 11.8 Å². The van der Waals surface area contributed by atoms with E-state index >= 15 is 0 Å².